The first kappa shape index (κ1) is 13.6. The second-order valence-corrected chi connectivity index (χ2v) is 5.89. The SMILES string of the molecule is CC(C)N(O)C(=O)CNCP(C)(=O)O. The van der Waals surface area contributed by atoms with Crippen LogP contribution in [0, 0.1) is 0 Å². The van der Waals surface area contributed by atoms with E-state index in [9.17, 15) is 9.36 Å². The van der Waals surface area contributed by atoms with Crippen molar-refractivity contribution in [2.45, 2.75) is 19.9 Å². The van der Waals surface area contributed by atoms with E-state index in [2.05, 4.69) is 5.32 Å². The standard InChI is InChI=1S/C7H17N2O4P/c1-6(2)9(11)7(10)4-8-5-14(3,12)13/h6,8,11H,4-5H2,1-3H3,(H,12,13). The third-order valence-electron chi connectivity index (χ3n) is 1.43. The summed E-state index contributed by atoms with van der Waals surface area (Å²) in [6, 6.07) is -0.299. The molecule has 0 aliphatic rings. The Hall–Kier alpha value is -0.420. The number of hydrogen-bond acceptors (Lipinski definition) is 4. The summed E-state index contributed by atoms with van der Waals surface area (Å²) in [5.74, 6) is -0.520. The first-order valence-electron chi connectivity index (χ1n) is 4.25. The van der Waals surface area contributed by atoms with Crippen LogP contribution in [0.3, 0.4) is 0 Å². The van der Waals surface area contributed by atoms with E-state index in [1.165, 1.54) is 6.66 Å². The summed E-state index contributed by atoms with van der Waals surface area (Å²) in [6.45, 7) is 4.38. The molecule has 14 heavy (non-hydrogen) atoms. The number of hydrogen-bond donors (Lipinski definition) is 3. The van der Waals surface area contributed by atoms with Crippen molar-refractivity contribution in [2.24, 2.45) is 0 Å². The van der Waals surface area contributed by atoms with E-state index in [-0.39, 0.29) is 18.9 Å². The van der Waals surface area contributed by atoms with Gasteiger partial charge in [0.25, 0.3) is 5.91 Å². The molecule has 0 heterocycles. The van der Waals surface area contributed by atoms with Crippen molar-refractivity contribution in [3.05, 3.63) is 0 Å². The van der Waals surface area contributed by atoms with Gasteiger partial charge in [-0.3, -0.25) is 19.9 Å². The third kappa shape index (κ3) is 6.10. The van der Waals surface area contributed by atoms with Crippen molar-refractivity contribution in [1.29, 1.82) is 0 Å². The molecule has 0 saturated carbocycles. The molecule has 1 atom stereocenters. The van der Waals surface area contributed by atoms with E-state index in [0.29, 0.717) is 5.06 Å². The minimum absolute atomic E-state index is 0.134. The average molecular weight is 224 g/mol. The molecule has 0 saturated heterocycles. The zero-order valence-corrected chi connectivity index (χ0v) is 9.49. The summed E-state index contributed by atoms with van der Waals surface area (Å²) >= 11 is 0. The Balaban J connectivity index is 3.81. The summed E-state index contributed by atoms with van der Waals surface area (Å²) in [5, 5.41) is 12.2. The molecule has 0 rings (SSSR count). The highest BCUT2D eigenvalue weighted by molar-refractivity contribution is 7.57. The summed E-state index contributed by atoms with van der Waals surface area (Å²) in [4.78, 5) is 20.0. The van der Waals surface area contributed by atoms with Crippen molar-refractivity contribution >= 4 is 13.3 Å². The van der Waals surface area contributed by atoms with Gasteiger partial charge in [0.2, 0.25) is 7.37 Å². The van der Waals surface area contributed by atoms with Crippen LogP contribution in [-0.2, 0) is 9.36 Å². The maximum atomic E-state index is 11.1. The fourth-order valence-electron chi connectivity index (χ4n) is 0.739. The van der Waals surface area contributed by atoms with Gasteiger partial charge in [0.05, 0.1) is 18.9 Å². The van der Waals surface area contributed by atoms with Gasteiger partial charge in [-0.25, -0.2) is 5.06 Å². The Morgan fingerprint density at radius 3 is 2.43 bits per heavy atom. The molecule has 0 aromatic heterocycles. The van der Waals surface area contributed by atoms with Crippen LogP contribution in [0.5, 0.6) is 0 Å². The number of rotatable bonds is 5. The zero-order chi connectivity index (χ0) is 11.4. The molecule has 1 amide bonds. The second kappa shape index (κ2) is 5.46. The summed E-state index contributed by atoms with van der Waals surface area (Å²) < 4.78 is 10.8. The van der Waals surface area contributed by atoms with Gasteiger partial charge in [-0.1, -0.05) is 0 Å². The van der Waals surface area contributed by atoms with E-state index in [0.717, 1.165) is 0 Å². The van der Waals surface area contributed by atoms with E-state index in [1.807, 2.05) is 0 Å². The van der Waals surface area contributed by atoms with Crippen LogP contribution in [0.1, 0.15) is 13.8 Å². The Labute approximate surface area is 83.3 Å². The van der Waals surface area contributed by atoms with E-state index in [1.54, 1.807) is 13.8 Å². The van der Waals surface area contributed by atoms with Gasteiger partial charge in [0.15, 0.2) is 0 Å². The van der Waals surface area contributed by atoms with Gasteiger partial charge < -0.3 is 4.89 Å². The quantitative estimate of drug-likeness (QED) is 0.349. The first-order chi connectivity index (χ1) is 6.24. The van der Waals surface area contributed by atoms with Crippen molar-refractivity contribution in [3.8, 4) is 0 Å². The zero-order valence-electron chi connectivity index (χ0n) is 8.60. The third-order valence-corrected chi connectivity index (χ3v) is 2.24. The lowest BCUT2D eigenvalue weighted by Gasteiger charge is -2.19. The molecule has 0 fully saturated rings. The van der Waals surface area contributed by atoms with Crippen molar-refractivity contribution in [2.75, 3.05) is 19.5 Å². The molecule has 0 aromatic carbocycles. The molecule has 0 radical (unpaired) electrons. The highest BCUT2D eigenvalue weighted by Crippen LogP contribution is 2.32. The average Bonchev–Trinajstić information content (AvgIpc) is 2.00. The normalized spacial score (nSPS) is 15.3. The van der Waals surface area contributed by atoms with Gasteiger partial charge in [0, 0.05) is 6.66 Å². The largest absolute Gasteiger partial charge is 0.344 e. The number of nitrogens with zero attached hydrogens (tertiary/aromatic N) is 1. The van der Waals surface area contributed by atoms with E-state index < -0.39 is 13.3 Å². The van der Waals surface area contributed by atoms with E-state index in [4.69, 9.17) is 10.1 Å². The van der Waals surface area contributed by atoms with Crippen molar-refractivity contribution < 1.29 is 19.5 Å². The van der Waals surface area contributed by atoms with Crippen LogP contribution in [-0.4, -0.2) is 46.6 Å². The Morgan fingerprint density at radius 1 is 1.57 bits per heavy atom. The van der Waals surface area contributed by atoms with Crippen LogP contribution in [0.2, 0.25) is 0 Å². The van der Waals surface area contributed by atoms with Crippen LogP contribution in [0.15, 0.2) is 0 Å². The molecule has 0 bridgehead atoms. The molecule has 0 spiro atoms. The molecule has 84 valence electrons. The smallest absolute Gasteiger partial charge is 0.260 e. The van der Waals surface area contributed by atoms with E-state index >= 15 is 0 Å². The molecule has 0 aliphatic carbocycles. The second-order valence-electron chi connectivity index (χ2n) is 3.47. The lowest BCUT2D eigenvalue weighted by Crippen LogP contribution is -2.40. The predicted molar refractivity (Wildman–Crippen MR) is 52.4 cm³/mol. The number of carbonyl (C=O) groups excluding carboxylic acids is 1. The van der Waals surface area contributed by atoms with Crippen LogP contribution < -0.4 is 5.32 Å². The number of nitrogens with one attached hydrogen (secondary N) is 1. The maximum absolute atomic E-state index is 11.1. The van der Waals surface area contributed by atoms with Gasteiger partial charge in [-0.15, -0.1) is 0 Å². The molecule has 0 aromatic rings. The van der Waals surface area contributed by atoms with Gasteiger partial charge in [-0.05, 0) is 13.8 Å². The van der Waals surface area contributed by atoms with Crippen LogP contribution in [0.25, 0.3) is 0 Å². The molecular weight excluding hydrogens is 207 g/mol. The molecule has 7 heteroatoms. The minimum atomic E-state index is -3.14. The van der Waals surface area contributed by atoms with Gasteiger partial charge in [-0.2, -0.15) is 0 Å². The predicted octanol–water partition coefficient (Wildman–Crippen LogP) is 0.0599. The number of amides is 1. The Bertz CT molecular complexity index is 238. The van der Waals surface area contributed by atoms with Crippen molar-refractivity contribution in [3.63, 3.8) is 0 Å². The lowest BCUT2D eigenvalue weighted by atomic mass is 10.4. The molecule has 0 aliphatic heterocycles. The summed E-state index contributed by atoms with van der Waals surface area (Å²) in [5.41, 5.74) is 0. The topological polar surface area (TPSA) is 89.9 Å². The fourth-order valence-corrected chi connectivity index (χ4v) is 1.27. The van der Waals surface area contributed by atoms with Crippen LogP contribution >= 0.6 is 7.37 Å². The molecule has 6 nitrogen and oxygen atoms in total. The molecule has 3 N–H and O–H groups in total. The van der Waals surface area contributed by atoms with Crippen molar-refractivity contribution in [1.82, 2.24) is 10.4 Å². The molecular formula is C7H17N2O4P. The van der Waals surface area contributed by atoms with Crippen LogP contribution in [0.4, 0.5) is 0 Å². The molecule has 1 unspecified atom stereocenters. The highest BCUT2D eigenvalue weighted by Gasteiger charge is 2.15. The first-order valence-corrected chi connectivity index (χ1v) is 6.54. The van der Waals surface area contributed by atoms with Gasteiger partial charge in [0.1, 0.15) is 0 Å². The number of hydroxylamine groups is 2. The Morgan fingerprint density at radius 2 is 2.07 bits per heavy atom. The maximum Gasteiger partial charge on any atom is 0.260 e. The monoisotopic (exact) mass is 224 g/mol. The van der Waals surface area contributed by atoms with Gasteiger partial charge >= 0.3 is 0 Å². The Kier molecular flexibility index (Phi) is 5.29. The highest BCUT2D eigenvalue weighted by atomic mass is 31.2. The number of carbonyl (C=O) groups is 1. The fraction of sp³-hybridized carbons (Fsp3) is 0.857. The summed E-state index contributed by atoms with van der Waals surface area (Å²) in [7, 11) is -3.14. The lowest BCUT2D eigenvalue weighted by molar-refractivity contribution is -0.171. The summed E-state index contributed by atoms with van der Waals surface area (Å²) in [6.07, 6.45) is -0.134. The minimum Gasteiger partial charge on any atom is -0.344 e.